The Morgan fingerprint density at radius 2 is 2.39 bits per heavy atom. The lowest BCUT2D eigenvalue weighted by Crippen LogP contribution is -2.45. The van der Waals surface area contributed by atoms with Gasteiger partial charge in [0, 0.05) is 44.0 Å². The fourth-order valence-corrected chi connectivity index (χ4v) is 2.27. The summed E-state index contributed by atoms with van der Waals surface area (Å²) in [6, 6.07) is 0.431. The molecule has 2 heterocycles. The largest absolute Gasteiger partial charge is 0.374 e. The third kappa shape index (κ3) is 3.54. The second kappa shape index (κ2) is 6.31. The van der Waals surface area contributed by atoms with Crippen LogP contribution in [0.4, 0.5) is 0 Å². The van der Waals surface area contributed by atoms with Crippen LogP contribution in [-0.4, -0.2) is 54.1 Å². The Morgan fingerprint density at radius 1 is 1.56 bits per heavy atom. The van der Waals surface area contributed by atoms with E-state index in [1.54, 1.807) is 0 Å². The molecule has 0 amide bonds. The molecule has 102 valence electrons. The predicted molar refractivity (Wildman–Crippen MR) is 71.6 cm³/mol. The van der Waals surface area contributed by atoms with Gasteiger partial charge in [0.2, 0.25) is 0 Å². The van der Waals surface area contributed by atoms with Gasteiger partial charge in [0.15, 0.2) is 0 Å². The topological polar surface area (TPSA) is 42.3 Å². The van der Waals surface area contributed by atoms with Crippen molar-refractivity contribution in [1.29, 1.82) is 0 Å². The Morgan fingerprint density at radius 3 is 3.06 bits per heavy atom. The fourth-order valence-electron chi connectivity index (χ4n) is 2.27. The molecule has 1 fully saturated rings. The van der Waals surface area contributed by atoms with Gasteiger partial charge in [-0.3, -0.25) is 9.58 Å². The Balaban J connectivity index is 1.87. The lowest BCUT2D eigenvalue weighted by Gasteiger charge is -2.32. The molecule has 0 aliphatic carbocycles. The summed E-state index contributed by atoms with van der Waals surface area (Å²) in [7, 11) is 1.97. The summed E-state index contributed by atoms with van der Waals surface area (Å²) in [5.41, 5.74) is 1.29. The highest BCUT2D eigenvalue weighted by atomic mass is 16.5. The minimum Gasteiger partial charge on any atom is -0.374 e. The number of morpholine rings is 1. The maximum atomic E-state index is 5.70. The average Bonchev–Trinajstić information content (AvgIpc) is 2.78. The predicted octanol–water partition coefficient (Wildman–Crippen LogP) is 0.884. The molecule has 1 aromatic heterocycles. The Hall–Kier alpha value is -0.910. The quantitative estimate of drug-likeness (QED) is 0.845. The van der Waals surface area contributed by atoms with Crippen LogP contribution in [-0.2, 0) is 11.3 Å². The van der Waals surface area contributed by atoms with Gasteiger partial charge < -0.3 is 10.1 Å². The lowest BCUT2D eigenvalue weighted by atomic mass is 10.2. The molecule has 5 heteroatoms. The van der Waals surface area contributed by atoms with E-state index in [0.717, 1.165) is 32.8 Å². The minimum absolute atomic E-state index is 0.309. The number of hydrogen-bond donors (Lipinski definition) is 1. The highest BCUT2D eigenvalue weighted by Crippen LogP contribution is 2.11. The van der Waals surface area contributed by atoms with Crippen LogP contribution in [0, 0.1) is 0 Å². The molecule has 0 saturated carbocycles. The summed E-state index contributed by atoms with van der Waals surface area (Å²) in [4.78, 5) is 2.44. The summed E-state index contributed by atoms with van der Waals surface area (Å²) in [5, 5.41) is 7.56. The minimum atomic E-state index is 0.309. The molecular formula is C13H24N4O. The Labute approximate surface area is 109 Å². The summed E-state index contributed by atoms with van der Waals surface area (Å²) in [6.45, 7) is 9.01. The van der Waals surface area contributed by atoms with Crippen LogP contribution in [0.25, 0.3) is 0 Å². The molecule has 0 spiro atoms. The van der Waals surface area contributed by atoms with Gasteiger partial charge in [-0.1, -0.05) is 0 Å². The van der Waals surface area contributed by atoms with Crippen LogP contribution in [0.5, 0.6) is 0 Å². The van der Waals surface area contributed by atoms with E-state index in [9.17, 15) is 0 Å². The van der Waals surface area contributed by atoms with Crippen molar-refractivity contribution >= 4 is 0 Å². The van der Waals surface area contributed by atoms with E-state index < -0.39 is 0 Å². The first kappa shape index (κ1) is 13.5. The van der Waals surface area contributed by atoms with Crippen LogP contribution in [0.3, 0.4) is 0 Å². The number of nitrogens with one attached hydrogen (secondary N) is 1. The first-order valence-electron chi connectivity index (χ1n) is 6.70. The molecule has 0 bridgehead atoms. The zero-order valence-corrected chi connectivity index (χ0v) is 11.6. The highest BCUT2D eigenvalue weighted by Gasteiger charge is 2.20. The van der Waals surface area contributed by atoms with E-state index in [2.05, 4.69) is 35.4 Å². The van der Waals surface area contributed by atoms with E-state index in [4.69, 9.17) is 4.74 Å². The van der Waals surface area contributed by atoms with Crippen LogP contribution in [0.15, 0.2) is 12.4 Å². The van der Waals surface area contributed by atoms with Crippen LogP contribution in [0.1, 0.15) is 25.5 Å². The zero-order valence-electron chi connectivity index (χ0n) is 11.6. The van der Waals surface area contributed by atoms with Crippen molar-refractivity contribution in [3.63, 3.8) is 0 Å². The molecular weight excluding hydrogens is 228 g/mol. The smallest absolute Gasteiger partial charge is 0.0826 e. The average molecular weight is 252 g/mol. The molecule has 18 heavy (non-hydrogen) atoms. The number of hydrogen-bond acceptors (Lipinski definition) is 4. The van der Waals surface area contributed by atoms with Gasteiger partial charge in [-0.25, -0.2) is 0 Å². The van der Waals surface area contributed by atoms with Crippen molar-refractivity contribution in [3.8, 4) is 0 Å². The standard InChI is InChI=1S/C13H24N4O/c1-11(2)17-9-12(6-15-17)8-16-4-5-18-13(10-16)7-14-3/h6,9,11,13-14H,4-5,7-8,10H2,1-3H3. The number of likely N-dealkylation sites (N-methyl/N-ethyl adjacent to an activating group) is 1. The number of ether oxygens (including phenoxy) is 1. The molecule has 1 N–H and O–H groups in total. The van der Waals surface area contributed by atoms with E-state index in [-0.39, 0.29) is 0 Å². The van der Waals surface area contributed by atoms with Crippen molar-refractivity contribution in [3.05, 3.63) is 18.0 Å². The van der Waals surface area contributed by atoms with Crippen molar-refractivity contribution in [2.75, 3.05) is 33.3 Å². The summed E-state index contributed by atoms with van der Waals surface area (Å²) >= 11 is 0. The van der Waals surface area contributed by atoms with Crippen LogP contribution < -0.4 is 5.32 Å². The highest BCUT2D eigenvalue weighted by molar-refractivity contribution is 5.04. The van der Waals surface area contributed by atoms with E-state index in [1.165, 1.54) is 5.56 Å². The molecule has 2 rings (SSSR count). The molecule has 1 saturated heterocycles. The molecule has 1 aliphatic rings. The third-order valence-electron chi connectivity index (χ3n) is 3.24. The Kier molecular flexibility index (Phi) is 4.74. The lowest BCUT2D eigenvalue weighted by molar-refractivity contribution is -0.0291. The first-order chi connectivity index (χ1) is 8.69. The van der Waals surface area contributed by atoms with E-state index in [0.29, 0.717) is 12.1 Å². The van der Waals surface area contributed by atoms with Gasteiger partial charge in [0.05, 0.1) is 18.9 Å². The van der Waals surface area contributed by atoms with Crippen LogP contribution in [0.2, 0.25) is 0 Å². The molecule has 0 radical (unpaired) electrons. The SMILES string of the molecule is CNCC1CN(Cc2cnn(C(C)C)c2)CCO1. The second-order valence-electron chi connectivity index (χ2n) is 5.21. The van der Waals surface area contributed by atoms with Gasteiger partial charge in [0.25, 0.3) is 0 Å². The van der Waals surface area contributed by atoms with Gasteiger partial charge in [0.1, 0.15) is 0 Å². The van der Waals surface area contributed by atoms with Crippen molar-refractivity contribution in [2.45, 2.75) is 32.5 Å². The monoisotopic (exact) mass is 252 g/mol. The molecule has 1 unspecified atom stereocenters. The van der Waals surface area contributed by atoms with Crippen molar-refractivity contribution in [1.82, 2.24) is 20.0 Å². The van der Waals surface area contributed by atoms with Crippen molar-refractivity contribution < 1.29 is 4.74 Å². The normalized spacial score (nSPS) is 21.7. The van der Waals surface area contributed by atoms with Crippen molar-refractivity contribution in [2.24, 2.45) is 0 Å². The number of nitrogens with zero attached hydrogens (tertiary/aromatic N) is 3. The second-order valence-corrected chi connectivity index (χ2v) is 5.21. The van der Waals surface area contributed by atoms with Crippen LogP contribution >= 0.6 is 0 Å². The molecule has 5 nitrogen and oxygen atoms in total. The zero-order chi connectivity index (χ0) is 13.0. The Bertz CT molecular complexity index is 362. The molecule has 1 aromatic rings. The summed E-state index contributed by atoms with van der Waals surface area (Å²) in [5.74, 6) is 0. The fraction of sp³-hybridized carbons (Fsp3) is 0.769. The van der Waals surface area contributed by atoms with E-state index in [1.807, 2.05) is 17.9 Å². The van der Waals surface area contributed by atoms with Gasteiger partial charge in [-0.15, -0.1) is 0 Å². The van der Waals surface area contributed by atoms with Gasteiger partial charge in [-0.05, 0) is 20.9 Å². The maximum Gasteiger partial charge on any atom is 0.0826 e. The number of rotatable bonds is 5. The summed E-state index contributed by atoms with van der Waals surface area (Å²) in [6.07, 6.45) is 4.43. The first-order valence-corrected chi connectivity index (χ1v) is 6.70. The molecule has 1 atom stereocenters. The van der Waals surface area contributed by atoms with Gasteiger partial charge in [-0.2, -0.15) is 5.10 Å². The maximum absolute atomic E-state index is 5.70. The molecule has 1 aliphatic heterocycles. The third-order valence-corrected chi connectivity index (χ3v) is 3.24. The van der Waals surface area contributed by atoms with E-state index >= 15 is 0 Å². The molecule has 0 aromatic carbocycles. The summed E-state index contributed by atoms with van der Waals surface area (Å²) < 4.78 is 7.72. The number of aromatic nitrogens is 2. The van der Waals surface area contributed by atoms with Gasteiger partial charge >= 0.3 is 0 Å².